The van der Waals surface area contributed by atoms with Crippen LogP contribution >= 0.6 is 0 Å². The summed E-state index contributed by atoms with van der Waals surface area (Å²) in [5.74, 6) is 3.11. The molecular weight excluding hydrogens is 518 g/mol. The van der Waals surface area contributed by atoms with Crippen molar-refractivity contribution in [2.75, 3.05) is 0 Å². The molecule has 0 spiro atoms. The molecular formula is C36H33N5O. The van der Waals surface area contributed by atoms with Crippen LogP contribution in [0.4, 0.5) is 0 Å². The molecule has 0 aliphatic rings. The highest BCUT2D eigenvalue weighted by Crippen LogP contribution is 2.37. The lowest BCUT2D eigenvalue weighted by Gasteiger charge is -2.18. The molecule has 42 heavy (non-hydrogen) atoms. The van der Waals surface area contributed by atoms with Crippen molar-refractivity contribution in [3.05, 3.63) is 121 Å². The smallest absolute Gasteiger partial charge is 0.212 e. The van der Waals surface area contributed by atoms with Crippen LogP contribution in [0.5, 0.6) is 11.5 Å². The molecule has 0 bridgehead atoms. The topological polar surface area (TPSA) is 60.7 Å². The van der Waals surface area contributed by atoms with Gasteiger partial charge in [0.2, 0.25) is 5.95 Å². The lowest BCUT2D eigenvalue weighted by molar-refractivity contribution is 0.483. The van der Waals surface area contributed by atoms with Crippen LogP contribution in [0.3, 0.4) is 0 Å². The van der Waals surface area contributed by atoms with Crippen LogP contribution in [-0.4, -0.2) is 24.3 Å². The van der Waals surface area contributed by atoms with Gasteiger partial charge in [-0.3, -0.25) is 4.57 Å². The van der Waals surface area contributed by atoms with Crippen LogP contribution in [-0.2, 0) is 0 Å². The molecule has 4 aromatic carbocycles. The quantitative estimate of drug-likeness (QED) is 0.215. The third-order valence-electron chi connectivity index (χ3n) is 7.90. The molecule has 0 amide bonds. The van der Waals surface area contributed by atoms with Crippen molar-refractivity contribution in [1.29, 1.82) is 0 Å². The average Bonchev–Trinajstić information content (AvgIpc) is 3.76. The van der Waals surface area contributed by atoms with Crippen molar-refractivity contribution in [1.82, 2.24) is 24.3 Å². The minimum absolute atomic E-state index is 0.419. The second-order valence-corrected chi connectivity index (χ2v) is 11.3. The second-order valence-electron chi connectivity index (χ2n) is 11.3. The summed E-state index contributed by atoms with van der Waals surface area (Å²) < 4.78 is 10.5. The number of nitrogens with one attached hydrogen (secondary N) is 1. The van der Waals surface area contributed by atoms with Crippen molar-refractivity contribution in [3.8, 4) is 34.3 Å². The number of hydrogen-bond acceptors (Lipinski definition) is 3. The van der Waals surface area contributed by atoms with Gasteiger partial charge in [0.15, 0.2) is 0 Å². The lowest BCUT2D eigenvalue weighted by atomic mass is 9.86. The molecule has 0 atom stereocenters. The number of benzene rings is 4. The molecule has 1 N–H and O–H groups in total. The highest BCUT2D eigenvalue weighted by molar-refractivity contribution is 6.09. The molecule has 6 nitrogen and oxygen atoms in total. The van der Waals surface area contributed by atoms with Gasteiger partial charge in [-0.25, -0.2) is 9.67 Å². The molecule has 6 heteroatoms. The van der Waals surface area contributed by atoms with Gasteiger partial charge in [0, 0.05) is 47.1 Å². The predicted octanol–water partition coefficient (Wildman–Crippen LogP) is 9.40. The Bertz CT molecular complexity index is 2000. The molecule has 0 unspecified atom stereocenters. The van der Waals surface area contributed by atoms with E-state index in [9.17, 15) is 0 Å². The number of hydrogen-bond donors (Lipinski definition) is 1. The summed E-state index contributed by atoms with van der Waals surface area (Å²) in [4.78, 5) is 7.78. The van der Waals surface area contributed by atoms with Crippen LogP contribution < -0.4 is 4.74 Å². The maximum Gasteiger partial charge on any atom is 0.212 e. The number of nitrogens with zero attached hydrogens (tertiary/aromatic N) is 4. The number of aromatic nitrogens is 5. The maximum atomic E-state index is 6.42. The molecule has 3 heterocycles. The van der Waals surface area contributed by atoms with E-state index in [1.165, 1.54) is 22.1 Å². The number of H-pyrrole nitrogens is 1. The van der Waals surface area contributed by atoms with Crippen LogP contribution in [0.15, 0.2) is 110 Å². The molecule has 0 saturated heterocycles. The Morgan fingerprint density at radius 1 is 0.738 bits per heavy atom. The Kier molecular flexibility index (Phi) is 6.39. The first kappa shape index (κ1) is 25.8. The Morgan fingerprint density at radius 2 is 1.48 bits per heavy atom. The first-order valence-corrected chi connectivity index (χ1v) is 14.5. The zero-order valence-electron chi connectivity index (χ0n) is 24.2. The van der Waals surface area contributed by atoms with Crippen molar-refractivity contribution in [2.24, 2.45) is 0 Å². The molecule has 0 saturated carbocycles. The van der Waals surface area contributed by atoms with E-state index >= 15 is 0 Å². The van der Waals surface area contributed by atoms with Gasteiger partial charge >= 0.3 is 0 Å². The van der Waals surface area contributed by atoms with E-state index in [-0.39, 0.29) is 0 Å². The Balaban J connectivity index is 1.24. The molecule has 7 aromatic rings. The third-order valence-corrected chi connectivity index (χ3v) is 7.90. The number of imidazole rings is 1. The van der Waals surface area contributed by atoms with Gasteiger partial charge in [0.25, 0.3) is 0 Å². The van der Waals surface area contributed by atoms with Crippen molar-refractivity contribution in [3.63, 3.8) is 0 Å². The fraction of sp³-hybridized carbons (Fsp3) is 0.167. The Labute approximate surface area is 245 Å². The number of aromatic amines is 1. The summed E-state index contributed by atoms with van der Waals surface area (Å²) in [6, 6.07) is 29.3. The zero-order chi connectivity index (χ0) is 28.8. The molecule has 0 fully saturated rings. The number of rotatable bonds is 7. The predicted molar refractivity (Wildman–Crippen MR) is 170 cm³/mol. The maximum absolute atomic E-state index is 6.42. The largest absolute Gasteiger partial charge is 0.457 e. The number of fused-ring (bicyclic) bond motifs is 3. The fourth-order valence-electron chi connectivity index (χ4n) is 5.92. The van der Waals surface area contributed by atoms with E-state index in [1.807, 2.05) is 41.3 Å². The van der Waals surface area contributed by atoms with Gasteiger partial charge in [0.1, 0.15) is 11.5 Å². The summed E-state index contributed by atoms with van der Waals surface area (Å²) >= 11 is 0. The zero-order valence-corrected chi connectivity index (χ0v) is 24.2. The minimum atomic E-state index is 0.419. The van der Waals surface area contributed by atoms with E-state index in [2.05, 4.69) is 109 Å². The molecule has 0 aliphatic carbocycles. The van der Waals surface area contributed by atoms with E-state index in [0.717, 1.165) is 45.1 Å². The molecule has 208 valence electrons. The van der Waals surface area contributed by atoms with Crippen LogP contribution in [0.25, 0.3) is 44.6 Å². The summed E-state index contributed by atoms with van der Waals surface area (Å²) in [5, 5.41) is 7.09. The Hall–Kier alpha value is -5.10. The van der Waals surface area contributed by atoms with Crippen LogP contribution in [0.1, 0.15) is 50.7 Å². The van der Waals surface area contributed by atoms with E-state index in [4.69, 9.17) is 9.84 Å². The van der Waals surface area contributed by atoms with Crippen molar-refractivity contribution in [2.45, 2.75) is 39.5 Å². The van der Waals surface area contributed by atoms with Gasteiger partial charge in [-0.15, -0.1) is 0 Å². The Morgan fingerprint density at radius 3 is 2.24 bits per heavy atom. The molecule has 0 radical (unpaired) electrons. The third kappa shape index (κ3) is 4.45. The normalized spacial score (nSPS) is 11.8. The number of para-hydroxylation sites is 1. The van der Waals surface area contributed by atoms with E-state index in [0.29, 0.717) is 11.8 Å². The number of ether oxygens (including phenoxy) is 1. The summed E-state index contributed by atoms with van der Waals surface area (Å²) in [5.41, 5.74) is 8.18. The lowest BCUT2D eigenvalue weighted by Crippen LogP contribution is -1.99. The fourth-order valence-corrected chi connectivity index (χ4v) is 5.92. The van der Waals surface area contributed by atoms with E-state index < -0.39 is 0 Å². The first-order valence-electron chi connectivity index (χ1n) is 14.5. The van der Waals surface area contributed by atoms with Crippen molar-refractivity contribution < 1.29 is 4.74 Å². The average molecular weight is 552 g/mol. The van der Waals surface area contributed by atoms with Gasteiger partial charge in [0.05, 0.1) is 22.9 Å². The monoisotopic (exact) mass is 551 g/mol. The van der Waals surface area contributed by atoms with Gasteiger partial charge in [-0.05, 0) is 58.9 Å². The molecule has 0 aliphatic heterocycles. The summed E-state index contributed by atoms with van der Waals surface area (Å²) in [7, 11) is 0. The first-order chi connectivity index (χ1) is 20.5. The SMILES string of the molecule is CC(C)c1cccc(C(C)C)c1-c1cnn(-c2cccc(Oc3ccc4c5ccccc5n(-c5ncc[nH]5)c4c3)c2)c1. The molecule has 3 aromatic heterocycles. The van der Waals surface area contributed by atoms with Crippen molar-refractivity contribution >= 4 is 21.8 Å². The highest BCUT2D eigenvalue weighted by Gasteiger charge is 2.18. The van der Waals surface area contributed by atoms with Gasteiger partial charge in [-0.1, -0.05) is 70.2 Å². The van der Waals surface area contributed by atoms with Crippen LogP contribution in [0, 0.1) is 0 Å². The van der Waals surface area contributed by atoms with Gasteiger partial charge in [-0.2, -0.15) is 5.10 Å². The summed E-state index contributed by atoms with van der Waals surface area (Å²) in [6.07, 6.45) is 7.71. The van der Waals surface area contributed by atoms with Crippen LogP contribution in [0.2, 0.25) is 0 Å². The van der Waals surface area contributed by atoms with E-state index in [1.54, 1.807) is 6.20 Å². The highest BCUT2D eigenvalue weighted by atomic mass is 16.5. The summed E-state index contributed by atoms with van der Waals surface area (Å²) in [6.45, 7) is 9.00. The minimum Gasteiger partial charge on any atom is -0.457 e. The van der Waals surface area contributed by atoms with Gasteiger partial charge < -0.3 is 9.72 Å². The standard InChI is InChI=1S/C36H33N5O/c1-23(2)29-12-8-13-30(24(3)4)35(29)25-21-39-40(22-25)26-9-7-10-27(19-26)42-28-15-16-32-31-11-5-6-14-33(31)41(34(32)20-28)36-37-17-18-38-36/h5-24H,1-4H3,(H,37,38). The molecule has 7 rings (SSSR count). The second kappa shape index (κ2) is 10.4.